The van der Waals surface area contributed by atoms with Crippen LogP contribution in [0.3, 0.4) is 0 Å². The Kier molecular flexibility index (Phi) is 4.45. The van der Waals surface area contributed by atoms with Crippen molar-refractivity contribution >= 4 is 22.3 Å². The van der Waals surface area contributed by atoms with E-state index in [2.05, 4.69) is 32.1 Å². The third kappa shape index (κ3) is 3.77. The number of piperidine rings is 1. The van der Waals surface area contributed by atoms with Crippen molar-refractivity contribution in [2.75, 3.05) is 11.9 Å². The van der Waals surface area contributed by atoms with Gasteiger partial charge in [0.2, 0.25) is 0 Å². The van der Waals surface area contributed by atoms with Gasteiger partial charge in [-0.1, -0.05) is 6.42 Å². The predicted octanol–water partition coefficient (Wildman–Crippen LogP) is 3.36. The number of aryl methyl sites for hydroxylation is 1. The van der Waals surface area contributed by atoms with Gasteiger partial charge in [-0.15, -0.1) is 11.3 Å². The van der Waals surface area contributed by atoms with Crippen LogP contribution in [0, 0.1) is 6.92 Å². The molecule has 0 radical (unpaired) electrons. The van der Waals surface area contributed by atoms with E-state index in [1.807, 2.05) is 19.2 Å². The van der Waals surface area contributed by atoms with Gasteiger partial charge in [0, 0.05) is 35.4 Å². The van der Waals surface area contributed by atoms with Crippen molar-refractivity contribution in [1.82, 2.24) is 19.9 Å². The van der Waals surface area contributed by atoms with Gasteiger partial charge >= 0.3 is 0 Å². The van der Waals surface area contributed by atoms with Crippen LogP contribution in [0.2, 0.25) is 0 Å². The lowest BCUT2D eigenvalue weighted by atomic mass is 10.0. The molecule has 3 rings (SSSR count). The molecule has 2 aromatic rings. The highest BCUT2D eigenvalue weighted by Gasteiger charge is 2.19. The highest BCUT2D eigenvalue weighted by atomic mass is 32.1. The third-order valence-electron chi connectivity index (χ3n) is 3.89. The zero-order valence-corrected chi connectivity index (χ0v) is 13.4. The van der Waals surface area contributed by atoms with Crippen molar-refractivity contribution in [3.05, 3.63) is 29.2 Å². The largest absolute Gasteiger partial charge is 0.316 e. The number of anilines is 2. The van der Waals surface area contributed by atoms with E-state index < -0.39 is 0 Å². The first kappa shape index (κ1) is 14.4. The van der Waals surface area contributed by atoms with Gasteiger partial charge in [0.1, 0.15) is 12.1 Å². The van der Waals surface area contributed by atoms with E-state index >= 15 is 0 Å². The van der Waals surface area contributed by atoms with E-state index in [1.54, 1.807) is 17.7 Å². The van der Waals surface area contributed by atoms with Crippen LogP contribution in [0.4, 0.5) is 10.9 Å². The summed E-state index contributed by atoms with van der Waals surface area (Å²) in [6, 6.07) is 2.61. The summed E-state index contributed by atoms with van der Waals surface area (Å²) in [4.78, 5) is 16.6. The fraction of sp³-hybridized carbons (Fsp3) is 0.533. The maximum absolute atomic E-state index is 4.45. The molecule has 0 spiro atoms. The smallest absolute Gasteiger partial charge is 0.188 e. The van der Waals surface area contributed by atoms with Crippen LogP contribution in [0.15, 0.2) is 18.6 Å². The van der Waals surface area contributed by atoms with Gasteiger partial charge in [0.15, 0.2) is 5.13 Å². The molecular weight excluding hydrogens is 282 g/mol. The van der Waals surface area contributed by atoms with Crippen molar-refractivity contribution < 1.29 is 0 Å². The second-order valence-corrected chi connectivity index (χ2v) is 6.73. The van der Waals surface area contributed by atoms with Crippen LogP contribution < -0.4 is 5.32 Å². The molecule has 1 atom stereocenters. The topological polar surface area (TPSA) is 53.9 Å². The first-order valence-electron chi connectivity index (χ1n) is 7.45. The van der Waals surface area contributed by atoms with Gasteiger partial charge in [-0.3, -0.25) is 4.90 Å². The van der Waals surface area contributed by atoms with Crippen molar-refractivity contribution in [1.29, 1.82) is 0 Å². The van der Waals surface area contributed by atoms with Crippen LogP contribution in [-0.2, 0) is 6.54 Å². The fourth-order valence-electron chi connectivity index (χ4n) is 2.66. The Labute approximate surface area is 129 Å². The lowest BCUT2D eigenvalue weighted by molar-refractivity contribution is 0.154. The normalized spacial score (nSPS) is 19.6. The standard InChI is InChI=1S/C15H21N5S/c1-11-7-14(18-10-17-11)19-15-16-8-13(21-15)9-20-6-4-3-5-12(20)2/h7-8,10,12H,3-6,9H2,1-2H3,(H,16,17,18,19). The second-order valence-electron chi connectivity index (χ2n) is 5.62. The Hall–Kier alpha value is -1.53. The van der Waals surface area contributed by atoms with E-state index in [9.17, 15) is 0 Å². The van der Waals surface area contributed by atoms with Crippen molar-refractivity contribution in [2.45, 2.75) is 45.7 Å². The SMILES string of the molecule is Cc1cc(Nc2ncc(CN3CCCCC3C)s2)ncn1. The quantitative estimate of drug-likeness (QED) is 0.938. The van der Waals surface area contributed by atoms with E-state index in [0.717, 1.165) is 23.2 Å². The minimum atomic E-state index is 0.682. The van der Waals surface area contributed by atoms with Crippen LogP contribution >= 0.6 is 11.3 Å². The average molecular weight is 303 g/mol. The molecule has 1 fully saturated rings. The highest BCUT2D eigenvalue weighted by Crippen LogP contribution is 2.25. The Morgan fingerprint density at radius 1 is 1.33 bits per heavy atom. The van der Waals surface area contributed by atoms with Crippen LogP contribution in [-0.4, -0.2) is 32.4 Å². The Morgan fingerprint density at radius 3 is 3.05 bits per heavy atom. The van der Waals surface area contributed by atoms with E-state index in [0.29, 0.717) is 6.04 Å². The van der Waals surface area contributed by atoms with Crippen molar-refractivity contribution in [3.8, 4) is 0 Å². The first-order valence-corrected chi connectivity index (χ1v) is 8.27. The molecule has 5 nitrogen and oxygen atoms in total. The zero-order valence-electron chi connectivity index (χ0n) is 12.5. The van der Waals surface area contributed by atoms with Gasteiger partial charge in [0.25, 0.3) is 0 Å². The number of nitrogens with one attached hydrogen (secondary N) is 1. The summed E-state index contributed by atoms with van der Waals surface area (Å²) in [5.41, 5.74) is 0.950. The first-order chi connectivity index (χ1) is 10.2. The van der Waals surface area contributed by atoms with Gasteiger partial charge < -0.3 is 5.32 Å². The molecule has 21 heavy (non-hydrogen) atoms. The molecule has 6 heteroatoms. The number of rotatable bonds is 4. The molecule has 1 saturated heterocycles. The zero-order chi connectivity index (χ0) is 14.7. The molecule has 0 amide bonds. The molecule has 3 heterocycles. The molecule has 1 N–H and O–H groups in total. The lowest BCUT2D eigenvalue weighted by Crippen LogP contribution is -2.36. The summed E-state index contributed by atoms with van der Waals surface area (Å²) in [7, 11) is 0. The number of nitrogens with zero attached hydrogens (tertiary/aromatic N) is 4. The summed E-state index contributed by atoms with van der Waals surface area (Å²) >= 11 is 1.70. The average Bonchev–Trinajstić information content (AvgIpc) is 2.89. The molecule has 2 aromatic heterocycles. The van der Waals surface area contributed by atoms with Crippen molar-refractivity contribution in [2.24, 2.45) is 0 Å². The van der Waals surface area contributed by atoms with Gasteiger partial charge in [0.05, 0.1) is 0 Å². The molecule has 1 unspecified atom stereocenters. The molecular formula is C15H21N5S. The monoisotopic (exact) mass is 303 g/mol. The van der Waals surface area contributed by atoms with Gasteiger partial charge in [-0.05, 0) is 33.2 Å². The molecule has 1 aliphatic heterocycles. The summed E-state index contributed by atoms with van der Waals surface area (Å²) in [5, 5.41) is 4.15. The molecule has 1 aliphatic rings. The van der Waals surface area contributed by atoms with Gasteiger partial charge in [-0.2, -0.15) is 0 Å². The van der Waals surface area contributed by atoms with E-state index in [-0.39, 0.29) is 0 Å². The summed E-state index contributed by atoms with van der Waals surface area (Å²) < 4.78 is 0. The van der Waals surface area contributed by atoms with Crippen LogP contribution in [0.1, 0.15) is 36.8 Å². The molecule has 0 bridgehead atoms. The maximum Gasteiger partial charge on any atom is 0.188 e. The number of likely N-dealkylation sites (tertiary alicyclic amines) is 1. The van der Waals surface area contributed by atoms with Crippen LogP contribution in [0.25, 0.3) is 0 Å². The summed E-state index contributed by atoms with van der Waals surface area (Å²) in [6.45, 7) is 6.48. The number of aromatic nitrogens is 3. The second kappa shape index (κ2) is 6.49. The highest BCUT2D eigenvalue weighted by molar-refractivity contribution is 7.15. The van der Waals surface area contributed by atoms with Crippen LogP contribution in [0.5, 0.6) is 0 Å². The minimum Gasteiger partial charge on any atom is -0.316 e. The third-order valence-corrected chi connectivity index (χ3v) is 4.79. The van der Waals surface area contributed by atoms with E-state index in [1.165, 1.54) is 30.7 Å². The number of hydrogen-bond acceptors (Lipinski definition) is 6. The van der Waals surface area contributed by atoms with Crippen molar-refractivity contribution in [3.63, 3.8) is 0 Å². The van der Waals surface area contributed by atoms with Gasteiger partial charge in [-0.25, -0.2) is 15.0 Å². The summed E-state index contributed by atoms with van der Waals surface area (Å²) in [6.07, 6.45) is 7.53. The minimum absolute atomic E-state index is 0.682. The predicted molar refractivity (Wildman–Crippen MR) is 85.9 cm³/mol. The Bertz CT molecular complexity index is 597. The Balaban J connectivity index is 1.63. The van der Waals surface area contributed by atoms with E-state index in [4.69, 9.17) is 0 Å². The number of thiazole rings is 1. The Morgan fingerprint density at radius 2 is 2.24 bits per heavy atom. The maximum atomic E-state index is 4.45. The molecule has 0 saturated carbocycles. The fourth-order valence-corrected chi connectivity index (χ4v) is 3.51. The lowest BCUT2D eigenvalue weighted by Gasteiger charge is -2.32. The molecule has 0 aromatic carbocycles. The molecule has 112 valence electrons. The molecule has 0 aliphatic carbocycles. The number of hydrogen-bond donors (Lipinski definition) is 1. The summed E-state index contributed by atoms with van der Waals surface area (Å²) in [5.74, 6) is 0.801.